The molecule has 0 aliphatic heterocycles. The van der Waals surface area contributed by atoms with Crippen LogP contribution in [-0.2, 0) is 14.8 Å². The van der Waals surface area contributed by atoms with Gasteiger partial charge in [-0.2, -0.15) is 5.10 Å². The van der Waals surface area contributed by atoms with Crippen LogP contribution in [0.5, 0.6) is 0 Å². The number of hydrogen-bond acceptors (Lipinski definition) is 4. The van der Waals surface area contributed by atoms with Crippen LogP contribution in [0.4, 0.5) is 0 Å². The number of nitrogens with zero attached hydrogens (tertiary/aromatic N) is 1. The molecule has 0 saturated heterocycles. The van der Waals surface area contributed by atoms with E-state index in [4.69, 9.17) is 5.11 Å². The van der Waals surface area contributed by atoms with Gasteiger partial charge in [0.1, 0.15) is 4.90 Å². The molecule has 0 saturated carbocycles. The molecule has 1 aromatic rings. The summed E-state index contributed by atoms with van der Waals surface area (Å²) < 4.78 is 26.3. The maximum Gasteiger partial charge on any atom is 0.307 e. The number of sulfonamides is 1. The molecule has 0 spiro atoms. The number of carboxylic acid groups (broad SMARTS) is 1. The molecular formula is C10H17N3O4S. The summed E-state index contributed by atoms with van der Waals surface area (Å²) in [5, 5.41) is 15.2. The van der Waals surface area contributed by atoms with Gasteiger partial charge in [0.05, 0.1) is 17.3 Å². The van der Waals surface area contributed by atoms with Gasteiger partial charge in [-0.15, -0.1) is 0 Å². The number of aromatic nitrogens is 2. The van der Waals surface area contributed by atoms with Crippen LogP contribution in [0.1, 0.15) is 24.7 Å². The number of hydrogen-bond donors (Lipinski definition) is 3. The van der Waals surface area contributed by atoms with Gasteiger partial charge in [-0.25, -0.2) is 13.1 Å². The number of carbonyl (C=O) groups is 1. The second-order valence-corrected chi connectivity index (χ2v) is 5.76. The Morgan fingerprint density at radius 1 is 1.50 bits per heavy atom. The van der Waals surface area contributed by atoms with Crippen molar-refractivity contribution in [1.29, 1.82) is 0 Å². The van der Waals surface area contributed by atoms with Gasteiger partial charge < -0.3 is 5.11 Å². The molecule has 0 amide bonds. The zero-order valence-electron chi connectivity index (χ0n) is 10.5. The normalized spacial score (nSPS) is 13.5. The average Bonchev–Trinajstić information content (AvgIpc) is 2.59. The van der Waals surface area contributed by atoms with Gasteiger partial charge in [-0.1, -0.05) is 6.92 Å². The highest BCUT2D eigenvalue weighted by molar-refractivity contribution is 7.89. The lowest BCUT2D eigenvalue weighted by Crippen LogP contribution is -2.33. The predicted molar refractivity (Wildman–Crippen MR) is 64.7 cm³/mol. The zero-order chi connectivity index (χ0) is 13.9. The van der Waals surface area contributed by atoms with E-state index in [0.717, 1.165) is 0 Å². The van der Waals surface area contributed by atoms with Gasteiger partial charge in [0, 0.05) is 6.54 Å². The number of carboxylic acids is 1. The van der Waals surface area contributed by atoms with E-state index in [1.807, 2.05) is 0 Å². The van der Waals surface area contributed by atoms with Crippen molar-refractivity contribution in [1.82, 2.24) is 14.9 Å². The third kappa shape index (κ3) is 3.08. The van der Waals surface area contributed by atoms with Crippen LogP contribution in [0.2, 0.25) is 0 Å². The van der Waals surface area contributed by atoms with Crippen LogP contribution >= 0.6 is 0 Å². The van der Waals surface area contributed by atoms with Crippen molar-refractivity contribution >= 4 is 16.0 Å². The van der Waals surface area contributed by atoms with E-state index in [2.05, 4.69) is 14.9 Å². The molecule has 1 rings (SSSR count). The summed E-state index contributed by atoms with van der Waals surface area (Å²) in [7, 11) is -3.72. The third-order valence-electron chi connectivity index (χ3n) is 2.69. The fourth-order valence-electron chi connectivity index (χ4n) is 1.63. The molecule has 1 heterocycles. The Balaban J connectivity index is 2.87. The highest BCUT2D eigenvalue weighted by atomic mass is 32.2. The number of rotatable bonds is 6. The van der Waals surface area contributed by atoms with Crippen LogP contribution < -0.4 is 4.72 Å². The maximum absolute atomic E-state index is 12.0. The molecule has 1 atom stereocenters. The van der Waals surface area contributed by atoms with Crippen molar-refractivity contribution in [3.63, 3.8) is 0 Å². The fraction of sp³-hybridized carbons (Fsp3) is 0.600. The first-order valence-electron chi connectivity index (χ1n) is 5.53. The molecule has 18 heavy (non-hydrogen) atoms. The SMILES string of the molecule is CCC(CNS(=O)(=O)c1c(C)n[nH]c1C)C(=O)O. The summed E-state index contributed by atoms with van der Waals surface area (Å²) in [6, 6.07) is 0. The summed E-state index contributed by atoms with van der Waals surface area (Å²) in [5.41, 5.74) is 0.798. The lowest BCUT2D eigenvalue weighted by Gasteiger charge is -2.11. The Kier molecular flexibility index (Phi) is 4.47. The Labute approximate surface area is 106 Å². The maximum atomic E-state index is 12.0. The Bertz CT molecular complexity index is 516. The van der Waals surface area contributed by atoms with Crippen LogP contribution in [0.15, 0.2) is 4.90 Å². The van der Waals surface area contributed by atoms with Gasteiger partial charge in [0.2, 0.25) is 10.0 Å². The van der Waals surface area contributed by atoms with E-state index >= 15 is 0 Å². The van der Waals surface area contributed by atoms with Crippen molar-refractivity contribution in [2.45, 2.75) is 32.1 Å². The van der Waals surface area contributed by atoms with E-state index in [9.17, 15) is 13.2 Å². The molecular weight excluding hydrogens is 258 g/mol. The molecule has 0 fully saturated rings. The minimum atomic E-state index is -3.72. The lowest BCUT2D eigenvalue weighted by molar-refractivity contribution is -0.141. The van der Waals surface area contributed by atoms with Crippen LogP contribution in [0.3, 0.4) is 0 Å². The Morgan fingerprint density at radius 2 is 2.11 bits per heavy atom. The van der Waals surface area contributed by atoms with Gasteiger partial charge in [0.15, 0.2) is 0 Å². The van der Waals surface area contributed by atoms with E-state index in [0.29, 0.717) is 17.8 Å². The number of aliphatic carboxylic acids is 1. The first-order chi connectivity index (χ1) is 8.29. The van der Waals surface area contributed by atoms with Crippen LogP contribution in [-0.4, -0.2) is 36.2 Å². The summed E-state index contributed by atoms with van der Waals surface area (Å²) in [6.45, 7) is 4.75. The quantitative estimate of drug-likeness (QED) is 0.696. The second-order valence-electron chi connectivity index (χ2n) is 4.06. The predicted octanol–water partition coefficient (Wildman–Crippen LogP) is 0.416. The molecule has 0 bridgehead atoms. The topological polar surface area (TPSA) is 112 Å². The minimum Gasteiger partial charge on any atom is -0.481 e. The third-order valence-corrected chi connectivity index (χ3v) is 4.38. The lowest BCUT2D eigenvalue weighted by atomic mass is 10.1. The molecule has 0 aliphatic carbocycles. The molecule has 0 aliphatic rings. The number of aryl methyl sites for hydroxylation is 2. The van der Waals surface area contributed by atoms with Crippen molar-refractivity contribution in [2.24, 2.45) is 5.92 Å². The van der Waals surface area contributed by atoms with Crippen LogP contribution in [0, 0.1) is 19.8 Å². The monoisotopic (exact) mass is 275 g/mol. The summed E-state index contributed by atoms with van der Waals surface area (Å²) in [4.78, 5) is 10.9. The number of nitrogens with one attached hydrogen (secondary N) is 2. The van der Waals surface area contributed by atoms with E-state index in [1.54, 1.807) is 20.8 Å². The van der Waals surface area contributed by atoms with Crippen LogP contribution in [0.25, 0.3) is 0 Å². The highest BCUT2D eigenvalue weighted by Crippen LogP contribution is 2.16. The van der Waals surface area contributed by atoms with Gasteiger partial charge >= 0.3 is 5.97 Å². The molecule has 8 heteroatoms. The number of H-pyrrole nitrogens is 1. The van der Waals surface area contributed by atoms with Crippen molar-refractivity contribution < 1.29 is 18.3 Å². The molecule has 3 N–H and O–H groups in total. The summed E-state index contributed by atoms with van der Waals surface area (Å²) >= 11 is 0. The molecule has 0 aromatic carbocycles. The second kappa shape index (κ2) is 5.49. The van der Waals surface area contributed by atoms with Crippen molar-refractivity contribution in [3.8, 4) is 0 Å². The van der Waals surface area contributed by atoms with Crippen molar-refractivity contribution in [2.75, 3.05) is 6.54 Å². The molecule has 102 valence electrons. The highest BCUT2D eigenvalue weighted by Gasteiger charge is 2.24. The van der Waals surface area contributed by atoms with Crippen molar-refractivity contribution in [3.05, 3.63) is 11.4 Å². The largest absolute Gasteiger partial charge is 0.481 e. The molecule has 7 nitrogen and oxygen atoms in total. The zero-order valence-corrected chi connectivity index (χ0v) is 11.3. The van der Waals surface area contributed by atoms with E-state index in [-0.39, 0.29) is 11.4 Å². The minimum absolute atomic E-state index is 0.0859. The smallest absolute Gasteiger partial charge is 0.307 e. The molecule has 0 radical (unpaired) electrons. The molecule has 1 aromatic heterocycles. The van der Waals surface area contributed by atoms with Gasteiger partial charge in [-0.3, -0.25) is 9.89 Å². The average molecular weight is 275 g/mol. The van der Waals surface area contributed by atoms with Gasteiger partial charge in [-0.05, 0) is 20.3 Å². The van der Waals surface area contributed by atoms with E-state index < -0.39 is 21.9 Å². The first-order valence-corrected chi connectivity index (χ1v) is 7.02. The summed E-state index contributed by atoms with van der Waals surface area (Å²) in [5.74, 6) is -1.74. The summed E-state index contributed by atoms with van der Waals surface area (Å²) in [6.07, 6.45) is 0.362. The van der Waals surface area contributed by atoms with Gasteiger partial charge in [0.25, 0.3) is 0 Å². The van der Waals surface area contributed by atoms with E-state index in [1.165, 1.54) is 0 Å². The molecule has 1 unspecified atom stereocenters. The Morgan fingerprint density at radius 3 is 2.50 bits per heavy atom. The first kappa shape index (κ1) is 14.7. The standard InChI is InChI=1S/C10H17N3O4S/c1-4-8(10(14)15)5-11-18(16,17)9-6(2)12-13-7(9)3/h8,11H,4-5H2,1-3H3,(H,12,13)(H,14,15). The fourth-order valence-corrected chi connectivity index (χ4v) is 3.07. The number of aromatic amines is 1. The Hall–Kier alpha value is -1.41.